The van der Waals surface area contributed by atoms with E-state index in [0.29, 0.717) is 12.1 Å². The molecular weight excluding hydrogens is 436 g/mol. The zero-order valence-corrected chi connectivity index (χ0v) is 18.7. The van der Waals surface area contributed by atoms with Crippen molar-refractivity contribution in [2.75, 3.05) is 11.9 Å². The monoisotopic (exact) mass is 462 g/mol. The SMILES string of the molecule is CCC(CC(=O)Nc1cnn(CC(=O)O)c1)NC(=O)OCC1c2ccccc2-c2ccccc21. The van der Waals surface area contributed by atoms with Gasteiger partial charge in [0.25, 0.3) is 0 Å². The van der Waals surface area contributed by atoms with Crippen molar-refractivity contribution in [3.63, 3.8) is 0 Å². The van der Waals surface area contributed by atoms with Crippen LogP contribution in [0.1, 0.15) is 36.8 Å². The number of amides is 2. The normalized spacial score (nSPS) is 13.0. The molecule has 0 fully saturated rings. The molecule has 4 rings (SSSR count). The van der Waals surface area contributed by atoms with Gasteiger partial charge in [-0.05, 0) is 28.7 Å². The van der Waals surface area contributed by atoms with Crippen LogP contribution in [-0.2, 0) is 20.9 Å². The van der Waals surface area contributed by atoms with E-state index < -0.39 is 18.1 Å². The molecule has 1 heterocycles. The summed E-state index contributed by atoms with van der Waals surface area (Å²) < 4.78 is 6.77. The van der Waals surface area contributed by atoms with Crippen molar-refractivity contribution in [1.29, 1.82) is 0 Å². The summed E-state index contributed by atoms with van der Waals surface area (Å²) in [5.74, 6) is -1.39. The number of hydrogen-bond acceptors (Lipinski definition) is 5. The summed E-state index contributed by atoms with van der Waals surface area (Å²) in [5.41, 5.74) is 4.96. The number of carbonyl (C=O) groups is 3. The quantitative estimate of drug-likeness (QED) is 0.446. The number of carbonyl (C=O) groups excluding carboxylic acids is 2. The number of aromatic nitrogens is 2. The summed E-state index contributed by atoms with van der Waals surface area (Å²) in [4.78, 5) is 35.6. The first-order valence-electron chi connectivity index (χ1n) is 11.1. The average molecular weight is 463 g/mol. The number of carboxylic acid groups (broad SMARTS) is 1. The van der Waals surface area contributed by atoms with Crippen molar-refractivity contribution in [3.05, 3.63) is 72.1 Å². The lowest BCUT2D eigenvalue weighted by Crippen LogP contribution is -2.38. The summed E-state index contributed by atoms with van der Waals surface area (Å²) in [6.07, 6.45) is 2.82. The molecule has 1 aliphatic rings. The van der Waals surface area contributed by atoms with Gasteiger partial charge in [-0.25, -0.2) is 4.79 Å². The van der Waals surface area contributed by atoms with Gasteiger partial charge in [-0.3, -0.25) is 14.3 Å². The zero-order chi connectivity index (χ0) is 24.1. The predicted molar refractivity (Wildman–Crippen MR) is 125 cm³/mol. The predicted octanol–water partition coefficient (Wildman–Crippen LogP) is 3.61. The fraction of sp³-hybridized carbons (Fsp3) is 0.280. The number of nitrogens with zero attached hydrogens (tertiary/aromatic N) is 2. The number of ether oxygens (including phenoxy) is 1. The number of rotatable bonds is 9. The molecule has 0 radical (unpaired) electrons. The van der Waals surface area contributed by atoms with Gasteiger partial charge >= 0.3 is 12.1 Å². The number of alkyl carbamates (subject to hydrolysis) is 1. The van der Waals surface area contributed by atoms with Gasteiger partial charge in [0.1, 0.15) is 13.2 Å². The van der Waals surface area contributed by atoms with E-state index in [1.807, 2.05) is 31.2 Å². The molecule has 3 aromatic rings. The first-order chi connectivity index (χ1) is 16.4. The van der Waals surface area contributed by atoms with Crippen LogP contribution in [0.4, 0.5) is 10.5 Å². The third kappa shape index (κ3) is 5.25. The van der Waals surface area contributed by atoms with E-state index in [4.69, 9.17) is 9.84 Å². The standard InChI is InChI=1S/C25H26N4O5/c1-2-16(11-23(30)27-17-12-26-29(13-17)14-24(31)32)28-25(33)34-15-22-20-9-5-3-7-18(20)19-8-4-6-10-21(19)22/h3-10,12-13,16,22H,2,11,14-15H2,1H3,(H,27,30)(H,28,33)(H,31,32). The average Bonchev–Trinajstić information content (AvgIpc) is 3.38. The summed E-state index contributed by atoms with van der Waals surface area (Å²) in [5, 5.41) is 18.1. The molecule has 1 atom stereocenters. The minimum Gasteiger partial charge on any atom is -0.480 e. The molecule has 3 N–H and O–H groups in total. The van der Waals surface area contributed by atoms with Gasteiger partial charge in [-0.15, -0.1) is 0 Å². The first-order valence-corrected chi connectivity index (χ1v) is 11.1. The van der Waals surface area contributed by atoms with Crippen LogP contribution in [0.2, 0.25) is 0 Å². The van der Waals surface area contributed by atoms with Crippen molar-refractivity contribution in [1.82, 2.24) is 15.1 Å². The number of anilines is 1. The minimum absolute atomic E-state index is 0.0381. The number of fused-ring (bicyclic) bond motifs is 3. The van der Waals surface area contributed by atoms with Gasteiger partial charge in [0, 0.05) is 24.6 Å². The number of carboxylic acids is 1. The Labute approximate surface area is 196 Å². The van der Waals surface area contributed by atoms with E-state index in [0.717, 1.165) is 22.3 Å². The summed E-state index contributed by atoms with van der Waals surface area (Å²) >= 11 is 0. The zero-order valence-electron chi connectivity index (χ0n) is 18.7. The van der Waals surface area contributed by atoms with E-state index in [2.05, 4.69) is 40.0 Å². The fourth-order valence-electron chi connectivity index (χ4n) is 4.19. The second-order valence-corrected chi connectivity index (χ2v) is 8.15. The van der Waals surface area contributed by atoms with E-state index >= 15 is 0 Å². The molecule has 0 bridgehead atoms. The molecule has 176 valence electrons. The molecular formula is C25H26N4O5. The highest BCUT2D eigenvalue weighted by Gasteiger charge is 2.29. The molecule has 2 aromatic carbocycles. The minimum atomic E-state index is -1.03. The Hall–Kier alpha value is -4.14. The largest absolute Gasteiger partial charge is 0.480 e. The van der Waals surface area contributed by atoms with Gasteiger partial charge in [0.15, 0.2) is 0 Å². The van der Waals surface area contributed by atoms with Crippen LogP contribution in [0, 0.1) is 0 Å². The van der Waals surface area contributed by atoms with Crippen LogP contribution >= 0.6 is 0 Å². The molecule has 1 aliphatic carbocycles. The Morgan fingerprint density at radius 2 is 1.74 bits per heavy atom. The Bertz CT molecular complexity index is 1160. The number of benzene rings is 2. The lowest BCUT2D eigenvalue weighted by Gasteiger charge is -2.18. The van der Waals surface area contributed by atoms with Crippen LogP contribution in [0.15, 0.2) is 60.9 Å². The lowest BCUT2D eigenvalue weighted by atomic mass is 9.98. The van der Waals surface area contributed by atoms with E-state index in [1.165, 1.54) is 17.1 Å². The maximum atomic E-state index is 12.5. The Balaban J connectivity index is 1.30. The number of nitrogens with one attached hydrogen (secondary N) is 2. The van der Waals surface area contributed by atoms with Gasteiger partial charge in [0.05, 0.1) is 11.9 Å². The maximum absolute atomic E-state index is 12.5. The van der Waals surface area contributed by atoms with Crippen LogP contribution in [0.5, 0.6) is 0 Å². The molecule has 0 saturated heterocycles. The van der Waals surface area contributed by atoms with Crippen LogP contribution < -0.4 is 10.6 Å². The van der Waals surface area contributed by atoms with Crippen LogP contribution in [-0.4, -0.2) is 45.5 Å². The van der Waals surface area contributed by atoms with Gasteiger partial charge < -0.3 is 20.5 Å². The lowest BCUT2D eigenvalue weighted by molar-refractivity contribution is -0.137. The van der Waals surface area contributed by atoms with Crippen LogP contribution in [0.25, 0.3) is 11.1 Å². The summed E-state index contributed by atoms with van der Waals surface area (Å²) in [6.45, 7) is 1.77. The van der Waals surface area contributed by atoms with Gasteiger partial charge in [-0.1, -0.05) is 55.5 Å². The molecule has 1 aromatic heterocycles. The fourth-order valence-corrected chi connectivity index (χ4v) is 4.19. The summed E-state index contributed by atoms with van der Waals surface area (Å²) in [6, 6.07) is 15.8. The Morgan fingerprint density at radius 1 is 1.09 bits per heavy atom. The third-order valence-corrected chi connectivity index (χ3v) is 5.80. The van der Waals surface area contributed by atoms with Crippen molar-refractivity contribution in [2.45, 2.75) is 38.3 Å². The highest BCUT2D eigenvalue weighted by Crippen LogP contribution is 2.44. The molecule has 1 unspecified atom stereocenters. The second kappa shape index (κ2) is 10.2. The molecule has 34 heavy (non-hydrogen) atoms. The highest BCUT2D eigenvalue weighted by atomic mass is 16.5. The first kappa shape index (κ1) is 23.0. The van der Waals surface area contributed by atoms with Crippen molar-refractivity contribution in [3.8, 4) is 11.1 Å². The Morgan fingerprint density at radius 3 is 2.35 bits per heavy atom. The molecule has 0 saturated carbocycles. The van der Waals surface area contributed by atoms with Crippen molar-refractivity contribution >= 4 is 23.7 Å². The van der Waals surface area contributed by atoms with Gasteiger partial charge in [0.2, 0.25) is 5.91 Å². The van der Waals surface area contributed by atoms with E-state index in [1.54, 1.807) is 0 Å². The molecule has 2 amide bonds. The maximum Gasteiger partial charge on any atom is 0.407 e. The molecule has 9 heteroatoms. The van der Waals surface area contributed by atoms with E-state index in [9.17, 15) is 14.4 Å². The Kier molecular flexibility index (Phi) is 6.91. The topological polar surface area (TPSA) is 123 Å². The molecule has 0 spiro atoms. The third-order valence-electron chi connectivity index (χ3n) is 5.80. The molecule has 9 nitrogen and oxygen atoms in total. The van der Waals surface area contributed by atoms with Crippen LogP contribution in [0.3, 0.4) is 0 Å². The molecule has 0 aliphatic heterocycles. The highest BCUT2D eigenvalue weighted by molar-refractivity contribution is 5.91. The number of hydrogen-bond donors (Lipinski definition) is 3. The number of aliphatic carboxylic acids is 1. The van der Waals surface area contributed by atoms with Crippen molar-refractivity contribution in [2.24, 2.45) is 0 Å². The van der Waals surface area contributed by atoms with E-state index in [-0.39, 0.29) is 31.4 Å². The summed E-state index contributed by atoms with van der Waals surface area (Å²) in [7, 11) is 0. The smallest absolute Gasteiger partial charge is 0.407 e. The second-order valence-electron chi connectivity index (χ2n) is 8.15. The van der Waals surface area contributed by atoms with Crippen molar-refractivity contribution < 1.29 is 24.2 Å². The van der Waals surface area contributed by atoms with Gasteiger partial charge in [-0.2, -0.15) is 5.10 Å².